The lowest BCUT2D eigenvalue weighted by molar-refractivity contribution is 1.10. The zero-order valence-corrected chi connectivity index (χ0v) is 11.8. The van der Waals surface area contributed by atoms with Crippen molar-refractivity contribution in [2.45, 2.75) is 19.5 Å². The summed E-state index contributed by atoms with van der Waals surface area (Å²) < 4.78 is 0. The second kappa shape index (κ2) is 5.21. The molecule has 0 heterocycles. The summed E-state index contributed by atoms with van der Waals surface area (Å²) in [5, 5.41) is 2.53. The van der Waals surface area contributed by atoms with Crippen LogP contribution in [0.3, 0.4) is 0 Å². The molecule has 0 aliphatic carbocycles. The minimum Gasteiger partial charge on any atom is -0.0620 e. The maximum Gasteiger partial charge on any atom is 0.180 e. The Bertz CT molecular complexity index is 425. The lowest BCUT2D eigenvalue weighted by atomic mass is 10.4. The van der Waals surface area contributed by atoms with Gasteiger partial charge in [0.2, 0.25) is 0 Å². The van der Waals surface area contributed by atoms with E-state index < -0.39 is 6.62 Å². The quantitative estimate of drug-likeness (QED) is 0.728. The molecule has 0 spiro atoms. The van der Waals surface area contributed by atoms with Gasteiger partial charge in [0.1, 0.15) is 10.6 Å². The van der Waals surface area contributed by atoms with Crippen LogP contribution in [0, 0.1) is 0 Å². The third kappa shape index (κ3) is 2.39. The molecule has 2 aromatic carbocycles. The molecule has 0 fully saturated rings. The molecule has 0 unspecified atom stereocenters. The van der Waals surface area contributed by atoms with Crippen LogP contribution in [0.4, 0.5) is 0 Å². The highest BCUT2D eigenvalue weighted by molar-refractivity contribution is 8.10. The van der Waals surface area contributed by atoms with Crippen LogP contribution >= 0.6 is 17.9 Å². The Balaban J connectivity index is 2.55. The van der Waals surface area contributed by atoms with Crippen molar-refractivity contribution < 1.29 is 0 Å². The fourth-order valence-electron chi connectivity index (χ4n) is 2.04. The van der Waals surface area contributed by atoms with E-state index in [0.29, 0.717) is 5.66 Å². The van der Waals surface area contributed by atoms with E-state index in [1.165, 1.54) is 10.6 Å². The van der Waals surface area contributed by atoms with Crippen molar-refractivity contribution in [3.8, 4) is 0 Å². The average Bonchev–Trinajstić information content (AvgIpc) is 2.39. The molecular formula is C15H17ClP+. The van der Waals surface area contributed by atoms with Crippen LogP contribution in [0.5, 0.6) is 0 Å². The summed E-state index contributed by atoms with van der Waals surface area (Å²) in [5.41, 5.74) is 0.439. The summed E-state index contributed by atoms with van der Waals surface area (Å²) in [6.07, 6.45) is 0. The zero-order valence-electron chi connectivity index (χ0n) is 10.2. The molecule has 0 N–H and O–H groups in total. The summed E-state index contributed by atoms with van der Waals surface area (Å²) in [6, 6.07) is 20.9. The molecule has 17 heavy (non-hydrogen) atoms. The molecule has 0 aliphatic heterocycles. The molecule has 0 nitrogen and oxygen atoms in total. The SMILES string of the molecule is CC(C)[P+](Cl)(c1ccccc1)c1ccccc1. The fourth-order valence-corrected chi connectivity index (χ4v) is 5.41. The van der Waals surface area contributed by atoms with E-state index in [2.05, 4.69) is 62.4 Å². The van der Waals surface area contributed by atoms with Gasteiger partial charge in [-0.3, -0.25) is 0 Å². The molecule has 0 saturated carbocycles. The molecule has 2 rings (SSSR count). The molecule has 88 valence electrons. The smallest absolute Gasteiger partial charge is 0.0620 e. The van der Waals surface area contributed by atoms with Crippen LogP contribution in [0.25, 0.3) is 0 Å². The van der Waals surface area contributed by atoms with Crippen molar-refractivity contribution in [2.75, 3.05) is 0 Å². The first-order valence-electron chi connectivity index (χ1n) is 5.85. The number of benzene rings is 2. The lowest BCUT2D eigenvalue weighted by Gasteiger charge is -2.22. The first-order valence-corrected chi connectivity index (χ1v) is 8.61. The van der Waals surface area contributed by atoms with Gasteiger partial charge >= 0.3 is 0 Å². The van der Waals surface area contributed by atoms with Gasteiger partial charge in [0.05, 0.1) is 16.9 Å². The molecule has 2 aromatic rings. The topological polar surface area (TPSA) is 0 Å². The molecule has 0 saturated heterocycles. The Labute approximate surface area is 109 Å². The summed E-state index contributed by atoms with van der Waals surface area (Å²) in [6.45, 7) is 2.64. The van der Waals surface area contributed by atoms with Gasteiger partial charge in [-0.25, -0.2) is 0 Å². The third-order valence-corrected chi connectivity index (χ3v) is 8.84. The standard InChI is InChI=1S/C15H17ClP/c1-13(2)17(16,14-9-5-3-6-10-14)15-11-7-4-8-12-15/h3-13H,1-2H3/q+1. The maximum atomic E-state index is 7.04. The molecular weight excluding hydrogens is 247 g/mol. The van der Waals surface area contributed by atoms with Gasteiger partial charge in [-0.2, -0.15) is 0 Å². The normalized spacial score (nSPS) is 11.8. The third-order valence-electron chi connectivity index (χ3n) is 2.98. The molecule has 0 radical (unpaired) electrons. The number of rotatable bonds is 3. The number of hydrogen-bond acceptors (Lipinski definition) is 0. The van der Waals surface area contributed by atoms with Crippen molar-refractivity contribution in [1.82, 2.24) is 0 Å². The first-order chi connectivity index (χ1) is 8.15. The summed E-state index contributed by atoms with van der Waals surface area (Å²) >= 11 is 7.04. The Hall–Kier alpha value is -0.840. The molecule has 0 atom stereocenters. The van der Waals surface area contributed by atoms with Crippen molar-refractivity contribution in [2.24, 2.45) is 0 Å². The largest absolute Gasteiger partial charge is 0.180 e. The minimum absolute atomic E-state index is 0.439. The van der Waals surface area contributed by atoms with Crippen molar-refractivity contribution in [3.05, 3.63) is 60.7 Å². The van der Waals surface area contributed by atoms with Crippen LogP contribution in [0.2, 0.25) is 0 Å². The summed E-state index contributed by atoms with van der Waals surface area (Å²) in [7, 11) is 0. The molecule has 0 aromatic heterocycles. The van der Waals surface area contributed by atoms with Gasteiger partial charge in [0, 0.05) is 0 Å². The Kier molecular flexibility index (Phi) is 3.86. The van der Waals surface area contributed by atoms with E-state index in [-0.39, 0.29) is 0 Å². The summed E-state index contributed by atoms with van der Waals surface area (Å²) in [4.78, 5) is 0. The van der Waals surface area contributed by atoms with Gasteiger partial charge in [-0.1, -0.05) is 36.4 Å². The predicted molar refractivity (Wildman–Crippen MR) is 80.1 cm³/mol. The van der Waals surface area contributed by atoms with E-state index in [1.807, 2.05) is 12.1 Å². The highest BCUT2D eigenvalue weighted by Crippen LogP contribution is 2.65. The van der Waals surface area contributed by atoms with Gasteiger partial charge in [0.25, 0.3) is 0 Å². The van der Waals surface area contributed by atoms with Gasteiger partial charge in [-0.05, 0) is 38.1 Å². The Morgan fingerprint density at radius 2 is 1.12 bits per heavy atom. The Morgan fingerprint density at radius 3 is 1.41 bits per heavy atom. The monoisotopic (exact) mass is 263 g/mol. The van der Waals surface area contributed by atoms with Crippen LogP contribution in [0.1, 0.15) is 13.8 Å². The van der Waals surface area contributed by atoms with Crippen molar-refractivity contribution in [1.29, 1.82) is 0 Å². The van der Waals surface area contributed by atoms with E-state index in [9.17, 15) is 0 Å². The first kappa shape index (κ1) is 12.6. The molecule has 0 bridgehead atoms. The highest BCUT2D eigenvalue weighted by Gasteiger charge is 2.45. The van der Waals surface area contributed by atoms with Crippen molar-refractivity contribution in [3.63, 3.8) is 0 Å². The maximum absolute atomic E-state index is 7.04. The molecule has 0 amide bonds. The van der Waals surface area contributed by atoms with Crippen molar-refractivity contribution >= 4 is 28.5 Å². The zero-order chi connectivity index (χ0) is 12.3. The van der Waals surface area contributed by atoms with E-state index >= 15 is 0 Å². The lowest BCUT2D eigenvalue weighted by Crippen LogP contribution is -2.24. The van der Waals surface area contributed by atoms with Crippen LogP contribution in [-0.2, 0) is 0 Å². The molecule has 0 aliphatic rings. The van der Waals surface area contributed by atoms with Gasteiger partial charge < -0.3 is 0 Å². The van der Waals surface area contributed by atoms with E-state index in [1.54, 1.807) is 0 Å². The van der Waals surface area contributed by atoms with Gasteiger partial charge in [-0.15, -0.1) is 0 Å². The average molecular weight is 264 g/mol. The van der Waals surface area contributed by atoms with Crippen LogP contribution in [-0.4, -0.2) is 5.66 Å². The van der Waals surface area contributed by atoms with Crippen LogP contribution < -0.4 is 10.6 Å². The number of hydrogen-bond donors (Lipinski definition) is 0. The molecule has 2 heteroatoms. The number of halogens is 1. The predicted octanol–water partition coefficient (Wildman–Crippen LogP) is 4.22. The van der Waals surface area contributed by atoms with E-state index in [0.717, 1.165) is 0 Å². The second-order valence-corrected chi connectivity index (χ2v) is 9.34. The Morgan fingerprint density at radius 1 is 0.765 bits per heavy atom. The fraction of sp³-hybridized carbons (Fsp3) is 0.200. The summed E-state index contributed by atoms with van der Waals surface area (Å²) in [5.74, 6) is 0. The van der Waals surface area contributed by atoms with E-state index in [4.69, 9.17) is 11.2 Å². The highest BCUT2D eigenvalue weighted by atomic mass is 35.7. The van der Waals surface area contributed by atoms with Crippen LogP contribution in [0.15, 0.2) is 60.7 Å². The van der Waals surface area contributed by atoms with Gasteiger partial charge in [0.15, 0.2) is 6.62 Å². The second-order valence-electron chi connectivity index (χ2n) is 4.40. The minimum atomic E-state index is -1.77.